The van der Waals surface area contributed by atoms with Gasteiger partial charge in [-0.1, -0.05) is 56.3 Å². The predicted octanol–water partition coefficient (Wildman–Crippen LogP) is 5.44. The summed E-state index contributed by atoms with van der Waals surface area (Å²) in [5.41, 5.74) is 3.32. The molecule has 0 spiro atoms. The molecule has 226 valence electrons. The molecule has 0 saturated heterocycles. The summed E-state index contributed by atoms with van der Waals surface area (Å²) < 4.78 is 17.0. The second-order valence-corrected chi connectivity index (χ2v) is 11.3. The predicted molar refractivity (Wildman–Crippen MR) is 163 cm³/mol. The molecule has 0 aromatic heterocycles. The van der Waals surface area contributed by atoms with E-state index in [1.165, 1.54) is 17.2 Å². The van der Waals surface area contributed by atoms with Crippen molar-refractivity contribution in [3.8, 4) is 23.0 Å². The van der Waals surface area contributed by atoms with E-state index in [2.05, 4.69) is 55.6 Å². The van der Waals surface area contributed by atoms with Crippen molar-refractivity contribution in [3.05, 3.63) is 83.4 Å². The quantitative estimate of drug-likeness (QED) is 0.154. The number of ether oxygens (including phenoxy) is 3. The van der Waals surface area contributed by atoms with Crippen LogP contribution in [0.15, 0.2) is 66.7 Å². The number of carbonyl (C=O) groups is 1. The molecule has 8 nitrogen and oxygen atoms in total. The maximum atomic E-state index is 13.7. The number of carbonyl (C=O) groups excluding carboxylic acids is 1. The Hall–Kier alpha value is -3.75. The van der Waals surface area contributed by atoms with Crippen LogP contribution in [-0.4, -0.2) is 60.3 Å². The minimum Gasteiger partial charge on any atom is -0.504 e. The average molecular weight is 577 g/mol. The number of phenolic OH excluding ortho intramolecular Hbond substituents is 2. The summed E-state index contributed by atoms with van der Waals surface area (Å²) in [4.78, 5) is 15.5. The Morgan fingerprint density at radius 2 is 1.67 bits per heavy atom. The average Bonchev–Trinajstić information content (AvgIpc) is 3.45. The minimum atomic E-state index is -0.388. The van der Waals surface area contributed by atoms with Crippen LogP contribution in [0.3, 0.4) is 0 Å². The topological polar surface area (TPSA) is 100 Å². The molecule has 1 aliphatic rings. The molecule has 0 fully saturated rings. The van der Waals surface area contributed by atoms with E-state index in [9.17, 15) is 15.0 Å². The number of fused-ring (bicyclic) bond motifs is 1. The summed E-state index contributed by atoms with van der Waals surface area (Å²) in [6, 6.07) is 21.7. The highest BCUT2D eigenvalue weighted by Crippen LogP contribution is 2.34. The van der Waals surface area contributed by atoms with E-state index >= 15 is 0 Å². The summed E-state index contributed by atoms with van der Waals surface area (Å²) >= 11 is 0. The second-order valence-electron chi connectivity index (χ2n) is 11.3. The molecule has 0 aliphatic carbocycles. The van der Waals surface area contributed by atoms with E-state index < -0.39 is 0 Å². The molecule has 0 bridgehead atoms. The molecule has 3 aromatic carbocycles. The third kappa shape index (κ3) is 9.13. The van der Waals surface area contributed by atoms with Crippen LogP contribution in [0, 0.1) is 5.92 Å². The lowest BCUT2D eigenvalue weighted by atomic mass is 9.89. The first-order chi connectivity index (χ1) is 20.3. The summed E-state index contributed by atoms with van der Waals surface area (Å²) in [6.07, 6.45) is 3.76. The lowest BCUT2D eigenvalue weighted by Crippen LogP contribution is -2.48. The summed E-state index contributed by atoms with van der Waals surface area (Å²) in [5, 5.41) is 22.8. The van der Waals surface area contributed by atoms with Crippen molar-refractivity contribution in [3.63, 3.8) is 0 Å². The van der Waals surface area contributed by atoms with Gasteiger partial charge in [-0.25, -0.2) is 0 Å². The van der Waals surface area contributed by atoms with Crippen LogP contribution < -0.4 is 14.8 Å². The largest absolute Gasteiger partial charge is 0.504 e. The zero-order valence-corrected chi connectivity index (χ0v) is 24.9. The van der Waals surface area contributed by atoms with Crippen molar-refractivity contribution in [1.29, 1.82) is 0 Å². The van der Waals surface area contributed by atoms with Gasteiger partial charge in [-0.05, 0) is 79.0 Å². The molecule has 0 radical (unpaired) electrons. The van der Waals surface area contributed by atoms with Crippen LogP contribution >= 0.6 is 0 Å². The number of nitrogens with one attached hydrogen (secondary N) is 1. The Morgan fingerprint density at radius 1 is 0.929 bits per heavy atom. The highest BCUT2D eigenvalue weighted by Gasteiger charge is 2.25. The van der Waals surface area contributed by atoms with Gasteiger partial charge in [-0.3, -0.25) is 4.79 Å². The zero-order valence-electron chi connectivity index (χ0n) is 24.9. The Labute approximate surface area is 249 Å². The third-order valence-electron chi connectivity index (χ3n) is 7.64. The summed E-state index contributed by atoms with van der Waals surface area (Å²) in [7, 11) is 1.65. The fourth-order valence-corrected chi connectivity index (χ4v) is 5.35. The molecule has 8 heteroatoms. The first kappa shape index (κ1) is 31.2. The van der Waals surface area contributed by atoms with Gasteiger partial charge in [-0.15, -0.1) is 0 Å². The van der Waals surface area contributed by atoms with Gasteiger partial charge >= 0.3 is 0 Å². The Morgan fingerprint density at radius 3 is 2.40 bits per heavy atom. The van der Waals surface area contributed by atoms with Crippen molar-refractivity contribution in [2.24, 2.45) is 5.92 Å². The number of rotatable bonds is 16. The van der Waals surface area contributed by atoms with E-state index in [1.54, 1.807) is 19.2 Å². The maximum absolute atomic E-state index is 13.7. The maximum Gasteiger partial charge on any atom is 0.231 e. The molecular weight excluding hydrogens is 532 g/mol. The minimum absolute atomic E-state index is 0.0388. The molecule has 0 saturated carbocycles. The van der Waals surface area contributed by atoms with Crippen LogP contribution in [0.1, 0.15) is 49.8 Å². The van der Waals surface area contributed by atoms with Crippen molar-refractivity contribution >= 4 is 5.91 Å². The smallest absolute Gasteiger partial charge is 0.231 e. The molecule has 3 N–H and O–H groups in total. The number of aromatic hydroxyl groups is 2. The van der Waals surface area contributed by atoms with E-state index in [0.717, 1.165) is 36.3 Å². The van der Waals surface area contributed by atoms with Crippen molar-refractivity contribution in [1.82, 2.24) is 10.2 Å². The van der Waals surface area contributed by atoms with Crippen LogP contribution in [0.25, 0.3) is 0 Å². The molecule has 1 amide bonds. The highest BCUT2D eigenvalue weighted by atomic mass is 16.7. The lowest BCUT2D eigenvalue weighted by Gasteiger charge is -2.33. The monoisotopic (exact) mass is 576 g/mol. The molecule has 1 aliphatic heterocycles. The van der Waals surface area contributed by atoms with Gasteiger partial charge in [0.15, 0.2) is 23.0 Å². The molecule has 2 unspecified atom stereocenters. The van der Waals surface area contributed by atoms with E-state index in [1.807, 2.05) is 17.0 Å². The highest BCUT2D eigenvalue weighted by molar-refractivity contribution is 5.76. The molecule has 2 atom stereocenters. The van der Waals surface area contributed by atoms with Crippen molar-refractivity contribution in [2.45, 2.75) is 64.6 Å². The summed E-state index contributed by atoms with van der Waals surface area (Å²) in [6.45, 7) is 5.51. The van der Waals surface area contributed by atoms with Crippen LogP contribution in [0.2, 0.25) is 0 Å². The van der Waals surface area contributed by atoms with Gasteiger partial charge in [0.25, 0.3) is 0 Å². The first-order valence-electron chi connectivity index (χ1n) is 14.8. The number of amides is 1. The fraction of sp³-hybridized carbons (Fsp3) is 0.441. The normalized spacial score (nSPS) is 13.7. The Kier molecular flexibility index (Phi) is 11.5. The number of phenols is 2. The molecule has 4 rings (SSSR count). The number of aryl methyl sites for hydroxylation is 1. The SMILES string of the molecule is COC(CNC(C)C)N(CCC(Cc1ccccc1)Cc1ccc2c(c1)OCO2)C(=O)CCCc1ccc(O)c(O)c1. The van der Waals surface area contributed by atoms with E-state index in [4.69, 9.17) is 14.2 Å². The van der Waals surface area contributed by atoms with Gasteiger partial charge < -0.3 is 34.6 Å². The standard InChI is InChI=1S/C34H44N2O6/c1-24(2)35-22-34(40-3)36(33(39)11-7-10-26-12-14-29(37)30(38)20-26)17-16-28(18-25-8-5-4-6-9-25)19-27-13-15-31-32(21-27)42-23-41-31/h4-6,8-9,12-15,20-21,24,28,34-35,37-38H,7,10-11,16-19,22-23H2,1-3H3. The number of benzene rings is 3. The van der Waals surface area contributed by atoms with Gasteiger partial charge in [0.2, 0.25) is 12.7 Å². The van der Waals surface area contributed by atoms with Crippen LogP contribution in [0.4, 0.5) is 0 Å². The summed E-state index contributed by atoms with van der Waals surface area (Å²) in [5.74, 6) is 1.59. The van der Waals surface area contributed by atoms with E-state index in [0.29, 0.717) is 38.3 Å². The van der Waals surface area contributed by atoms with Crippen LogP contribution in [0.5, 0.6) is 23.0 Å². The van der Waals surface area contributed by atoms with Crippen molar-refractivity contribution < 1.29 is 29.2 Å². The number of hydrogen-bond donors (Lipinski definition) is 3. The number of methoxy groups -OCH3 is 1. The first-order valence-corrected chi connectivity index (χ1v) is 14.8. The lowest BCUT2D eigenvalue weighted by molar-refractivity contribution is -0.144. The van der Waals surface area contributed by atoms with Gasteiger partial charge in [0, 0.05) is 32.7 Å². The van der Waals surface area contributed by atoms with Gasteiger partial charge in [-0.2, -0.15) is 0 Å². The molecule has 1 heterocycles. The van der Waals surface area contributed by atoms with Gasteiger partial charge in [0.1, 0.15) is 6.23 Å². The number of hydrogen-bond acceptors (Lipinski definition) is 7. The second kappa shape index (κ2) is 15.5. The Balaban J connectivity index is 1.46. The molecule has 3 aromatic rings. The van der Waals surface area contributed by atoms with Crippen molar-refractivity contribution in [2.75, 3.05) is 27.0 Å². The number of nitrogens with zero attached hydrogens (tertiary/aromatic N) is 1. The Bertz CT molecular complexity index is 1280. The third-order valence-corrected chi connectivity index (χ3v) is 7.64. The van der Waals surface area contributed by atoms with E-state index in [-0.39, 0.29) is 36.5 Å². The van der Waals surface area contributed by atoms with Gasteiger partial charge in [0.05, 0.1) is 0 Å². The zero-order chi connectivity index (χ0) is 29.9. The molecule has 42 heavy (non-hydrogen) atoms. The fourth-order valence-electron chi connectivity index (χ4n) is 5.35. The molecular formula is C34H44N2O6. The van der Waals surface area contributed by atoms with Crippen LogP contribution in [-0.2, 0) is 28.8 Å².